The molecule has 0 radical (unpaired) electrons. The van der Waals surface area contributed by atoms with Crippen LogP contribution >= 0.6 is 11.8 Å². The quantitative estimate of drug-likeness (QED) is 0.208. The molecule has 0 aliphatic carbocycles. The number of aliphatic hydroxyl groups is 1. The van der Waals surface area contributed by atoms with Crippen LogP contribution in [0.5, 0.6) is 0 Å². The smallest absolute Gasteiger partial charge is 0.261 e. The molecule has 8 heteroatoms. The highest BCUT2D eigenvalue weighted by molar-refractivity contribution is 7.99. The minimum Gasteiger partial charge on any atom is -0.392 e. The molecule has 41 heavy (non-hydrogen) atoms. The Hall–Kier alpha value is -3.82. The van der Waals surface area contributed by atoms with Crippen LogP contribution in [0.4, 0.5) is 0 Å². The van der Waals surface area contributed by atoms with Gasteiger partial charge in [0.1, 0.15) is 0 Å². The molecule has 2 aliphatic rings. The Morgan fingerprint density at radius 3 is 2.07 bits per heavy atom. The summed E-state index contributed by atoms with van der Waals surface area (Å²) in [6.45, 7) is 2.32. The molecule has 1 saturated heterocycles. The van der Waals surface area contributed by atoms with Gasteiger partial charge in [-0.1, -0.05) is 73.7 Å². The number of imide groups is 1. The SMILES string of the molecule is C[C@H]1[C@@H](CSc2ccccn2)O[C@@H](c2ccc(CN3C(=O)c4ccccc4C3=O)cc2)O[C@H]1c1ccc(CO)cc1. The third-order valence-electron chi connectivity index (χ3n) is 7.63. The maximum Gasteiger partial charge on any atom is 0.261 e. The number of aromatic nitrogens is 1. The summed E-state index contributed by atoms with van der Waals surface area (Å²) in [4.78, 5) is 31.3. The largest absolute Gasteiger partial charge is 0.392 e. The predicted octanol–water partition coefficient (Wildman–Crippen LogP) is 5.95. The van der Waals surface area contributed by atoms with Crippen molar-refractivity contribution in [1.82, 2.24) is 9.88 Å². The van der Waals surface area contributed by atoms with E-state index in [4.69, 9.17) is 9.47 Å². The number of thioether (sulfide) groups is 1. The lowest BCUT2D eigenvalue weighted by atomic mass is 9.91. The molecule has 4 atom stereocenters. The van der Waals surface area contributed by atoms with Crippen LogP contribution in [0.1, 0.15) is 62.3 Å². The molecule has 0 spiro atoms. The fraction of sp³-hybridized carbons (Fsp3) is 0.242. The second-order valence-corrected chi connectivity index (χ2v) is 11.3. The predicted molar refractivity (Wildman–Crippen MR) is 155 cm³/mol. The van der Waals surface area contributed by atoms with Crippen molar-refractivity contribution in [2.45, 2.75) is 43.6 Å². The van der Waals surface area contributed by atoms with Crippen LogP contribution in [-0.2, 0) is 22.6 Å². The molecule has 0 unspecified atom stereocenters. The summed E-state index contributed by atoms with van der Waals surface area (Å²) in [5.74, 6) is 0.230. The molecule has 1 aromatic heterocycles. The van der Waals surface area contributed by atoms with Crippen LogP contribution in [-0.4, -0.2) is 38.7 Å². The molecule has 3 aromatic carbocycles. The number of fused-ring (bicyclic) bond motifs is 1. The summed E-state index contributed by atoms with van der Waals surface area (Å²) >= 11 is 1.65. The first-order chi connectivity index (χ1) is 20.0. The Labute approximate surface area is 243 Å². The molecule has 0 saturated carbocycles. The first kappa shape index (κ1) is 27.4. The monoisotopic (exact) mass is 566 g/mol. The summed E-state index contributed by atoms with van der Waals surface area (Å²) in [6, 6.07) is 28.3. The van der Waals surface area contributed by atoms with Gasteiger partial charge in [0.2, 0.25) is 0 Å². The number of ether oxygens (including phenoxy) is 2. The first-order valence-corrected chi connectivity index (χ1v) is 14.6. The number of amides is 2. The molecular formula is C33H30N2O5S. The van der Waals surface area contributed by atoms with Crippen LogP contribution in [0, 0.1) is 5.92 Å². The Morgan fingerprint density at radius 2 is 1.44 bits per heavy atom. The van der Waals surface area contributed by atoms with Gasteiger partial charge in [0.25, 0.3) is 11.8 Å². The maximum atomic E-state index is 12.8. The first-order valence-electron chi connectivity index (χ1n) is 13.6. The number of hydrogen-bond acceptors (Lipinski definition) is 7. The van der Waals surface area contributed by atoms with Gasteiger partial charge in [0.05, 0.1) is 41.5 Å². The summed E-state index contributed by atoms with van der Waals surface area (Å²) in [5.41, 5.74) is 4.46. The lowest BCUT2D eigenvalue weighted by Crippen LogP contribution is -2.38. The number of carbonyl (C=O) groups excluding carboxylic acids is 2. The topological polar surface area (TPSA) is 89.0 Å². The van der Waals surface area contributed by atoms with Crippen LogP contribution in [0.2, 0.25) is 0 Å². The highest BCUT2D eigenvalue weighted by Crippen LogP contribution is 2.43. The number of pyridine rings is 1. The van der Waals surface area contributed by atoms with Crippen molar-refractivity contribution in [3.05, 3.63) is 131 Å². The highest BCUT2D eigenvalue weighted by Gasteiger charge is 2.39. The fourth-order valence-electron chi connectivity index (χ4n) is 5.26. The summed E-state index contributed by atoms with van der Waals surface area (Å²) < 4.78 is 13.1. The Morgan fingerprint density at radius 1 is 0.805 bits per heavy atom. The van der Waals surface area contributed by atoms with Gasteiger partial charge >= 0.3 is 0 Å². The van der Waals surface area contributed by atoms with E-state index in [1.807, 2.05) is 66.7 Å². The summed E-state index contributed by atoms with van der Waals surface area (Å²) in [7, 11) is 0. The summed E-state index contributed by atoms with van der Waals surface area (Å²) in [5, 5.41) is 10.4. The second-order valence-electron chi connectivity index (χ2n) is 10.3. The van der Waals surface area contributed by atoms with Gasteiger partial charge in [-0.25, -0.2) is 4.98 Å². The van der Waals surface area contributed by atoms with Gasteiger partial charge < -0.3 is 14.6 Å². The average molecular weight is 567 g/mol. The molecule has 7 nitrogen and oxygen atoms in total. The van der Waals surface area contributed by atoms with Crippen molar-refractivity contribution in [1.29, 1.82) is 0 Å². The van der Waals surface area contributed by atoms with Gasteiger partial charge in [0, 0.05) is 23.4 Å². The van der Waals surface area contributed by atoms with E-state index in [0.29, 0.717) is 16.9 Å². The third kappa shape index (κ3) is 5.69. The van der Waals surface area contributed by atoms with E-state index in [1.165, 1.54) is 4.90 Å². The van der Waals surface area contributed by atoms with Crippen molar-refractivity contribution >= 4 is 23.6 Å². The van der Waals surface area contributed by atoms with Crippen LogP contribution in [0.25, 0.3) is 0 Å². The van der Waals surface area contributed by atoms with Gasteiger partial charge in [0.15, 0.2) is 6.29 Å². The van der Waals surface area contributed by atoms with Crippen LogP contribution in [0.15, 0.2) is 102 Å². The number of aliphatic hydroxyl groups excluding tert-OH is 1. The lowest BCUT2D eigenvalue weighted by Gasteiger charge is -2.41. The van der Waals surface area contributed by atoms with Gasteiger partial charge in [-0.05, 0) is 41.0 Å². The Bertz CT molecular complexity index is 1490. The van der Waals surface area contributed by atoms with Gasteiger partial charge in [-0.15, -0.1) is 11.8 Å². The van der Waals surface area contributed by atoms with E-state index < -0.39 is 6.29 Å². The molecule has 6 rings (SSSR count). The minimum atomic E-state index is -0.601. The van der Waals surface area contributed by atoms with Crippen molar-refractivity contribution in [3.63, 3.8) is 0 Å². The van der Waals surface area contributed by atoms with Crippen LogP contribution in [0.3, 0.4) is 0 Å². The van der Waals surface area contributed by atoms with E-state index in [9.17, 15) is 14.7 Å². The number of benzene rings is 3. The van der Waals surface area contributed by atoms with Gasteiger partial charge in [-0.3, -0.25) is 14.5 Å². The maximum absolute atomic E-state index is 12.8. The number of rotatable bonds is 8. The molecule has 1 fully saturated rings. The standard InChI is InChI=1S/C33H30N2O5S/c1-21-28(20-41-29-8-4-5-17-34-29)39-33(40-30(21)24-13-11-23(19-36)12-14-24)25-15-9-22(10-16-25)18-35-31(37)26-6-2-3-7-27(26)32(35)38/h2-17,21,28,30,33,36H,18-20H2,1H3/t21-,28+,30+,33+/m0/s1. The molecule has 2 aliphatic heterocycles. The number of carbonyl (C=O) groups is 2. The average Bonchev–Trinajstić information content (AvgIpc) is 3.26. The van der Waals surface area contributed by atoms with E-state index in [-0.39, 0.29) is 43.1 Å². The fourth-order valence-corrected chi connectivity index (χ4v) is 6.28. The second kappa shape index (κ2) is 12.0. The summed E-state index contributed by atoms with van der Waals surface area (Å²) in [6.07, 6.45) is 0.862. The van der Waals surface area contributed by atoms with Crippen molar-refractivity contribution in [2.24, 2.45) is 5.92 Å². The highest BCUT2D eigenvalue weighted by atomic mass is 32.2. The molecule has 2 amide bonds. The van der Waals surface area contributed by atoms with E-state index in [0.717, 1.165) is 27.3 Å². The molecule has 4 aromatic rings. The van der Waals surface area contributed by atoms with E-state index in [1.54, 1.807) is 42.2 Å². The molecule has 1 N–H and O–H groups in total. The van der Waals surface area contributed by atoms with Crippen molar-refractivity contribution in [3.8, 4) is 0 Å². The Kier molecular flexibility index (Phi) is 7.98. The molecular weight excluding hydrogens is 536 g/mol. The van der Waals surface area contributed by atoms with E-state index >= 15 is 0 Å². The third-order valence-corrected chi connectivity index (χ3v) is 8.66. The zero-order valence-electron chi connectivity index (χ0n) is 22.6. The van der Waals surface area contributed by atoms with Crippen molar-refractivity contribution in [2.75, 3.05) is 5.75 Å². The Balaban J connectivity index is 1.21. The molecule has 3 heterocycles. The van der Waals surface area contributed by atoms with Crippen LogP contribution < -0.4 is 0 Å². The molecule has 208 valence electrons. The number of hydrogen-bond donors (Lipinski definition) is 1. The van der Waals surface area contributed by atoms with Gasteiger partial charge in [-0.2, -0.15) is 0 Å². The zero-order chi connectivity index (χ0) is 28.3. The lowest BCUT2D eigenvalue weighted by molar-refractivity contribution is -0.268. The van der Waals surface area contributed by atoms with E-state index in [2.05, 4.69) is 11.9 Å². The zero-order valence-corrected chi connectivity index (χ0v) is 23.4. The normalized spacial score (nSPS) is 22.1. The minimum absolute atomic E-state index is 0.0104. The number of nitrogens with zero attached hydrogens (tertiary/aromatic N) is 2. The van der Waals surface area contributed by atoms with Crippen molar-refractivity contribution < 1.29 is 24.2 Å². The molecule has 0 bridgehead atoms.